The van der Waals surface area contributed by atoms with Gasteiger partial charge in [-0.1, -0.05) is 36.4 Å². The van der Waals surface area contributed by atoms with E-state index in [9.17, 15) is 14.3 Å². The molecule has 1 heterocycles. The van der Waals surface area contributed by atoms with E-state index >= 15 is 0 Å². The van der Waals surface area contributed by atoms with Gasteiger partial charge < -0.3 is 10.1 Å². The van der Waals surface area contributed by atoms with E-state index in [0.717, 1.165) is 0 Å². The van der Waals surface area contributed by atoms with Crippen molar-refractivity contribution in [3.8, 4) is 16.9 Å². The molecule has 3 rings (SSSR count). The molecule has 3 nitrogen and oxygen atoms in total. The highest BCUT2D eigenvalue weighted by Crippen LogP contribution is 2.32. The smallest absolute Gasteiger partial charge is 0.260 e. The van der Waals surface area contributed by atoms with Crippen LogP contribution in [0.25, 0.3) is 22.0 Å². The van der Waals surface area contributed by atoms with Crippen LogP contribution in [0.2, 0.25) is 0 Å². The Balaban J connectivity index is 2.43. The van der Waals surface area contributed by atoms with Gasteiger partial charge in [-0.25, -0.2) is 4.39 Å². The van der Waals surface area contributed by atoms with Gasteiger partial charge in [-0.2, -0.15) is 0 Å². The van der Waals surface area contributed by atoms with E-state index in [1.54, 1.807) is 30.3 Å². The lowest BCUT2D eigenvalue weighted by Gasteiger charge is -2.07. The summed E-state index contributed by atoms with van der Waals surface area (Å²) in [5.74, 6) is -0.769. The van der Waals surface area contributed by atoms with Crippen LogP contribution in [0.3, 0.4) is 0 Å². The number of pyridine rings is 1. The van der Waals surface area contributed by atoms with Gasteiger partial charge in [0.15, 0.2) is 0 Å². The van der Waals surface area contributed by atoms with E-state index in [1.807, 2.05) is 6.07 Å². The highest BCUT2D eigenvalue weighted by Gasteiger charge is 2.15. The number of benzene rings is 2. The van der Waals surface area contributed by atoms with Crippen molar-refractivity contribution in [3.05, 3.63) is 64.7 Å². The van der Waals surface area contributed by atoms with E-state index in [-0.39, 0.29) is 16.8 Å². The van der Waals surface area contributed by atoms with Gasteiger partial charge in [0, 0.05) is 5.39 Å². The van der Waals surface area contributed by atoms with Gasteiger partial charge >= 0.3 is 0 Å². The fourth-order valence-corrected chi connectivity index (χ4v) is 2.14. The third kappa shape index (κ3) is 1.78. The second-order valence-corrected chi connectivity index (χ2v) is 4.21. The molecule has 2 aromatic carbocycles. The molecule has 0 aliphatic rings. The summed E-state index contributed by atoms with van der Waals surface area (Å²) in [6.45, 7) is 0. The largest absolute Gasteiger partial charge is 0.506 e. The van der Waals surface area contributed by atoms with Crippen molar-refractivity contribution in [2.24, 2.45) is 0 Å². The molecule has 19 heavy (non-hydrogen) atoms. The maximum Gasteiger partial charge on any atom is 0.260 e. The SMILES string of the molecule is O=c1[nH]c2c(F)cccc2c(O)c1-c1ccccc1. The Kier molecular flexibility index (Phi) is 2.56. The number of fused-ring (bicyclic) bond motifs is 1. The first-order valence-corrected chi connectivity index (χ1v) is 5.77. The average Bonchev–Trinajstić information content (AvgIpc) is 2.41. The molecule has 0 atom stereocenters. The lowest BCUT2D eigenvalue weighted by molar-refractivity contribution is 0.482. The number of hydrogen-bond donors (Lipinski definition) is 2. The minimum absolute atomic E-state index is 0.0182. The van der Waals surface area contributed by atoms with Gasteiger partial charge in [-0.05, 0) is 17.7 Å². The Bertz CT molecular complexity index is 809. The summed E-state index contributed by atoms with van der Waals surface area (Å²) >= 11 is 0. The molecule has 0 radical (unpaired) electrons. The summed E-state index contributed by atoms with van der Waals surface area (Å²) in [5, 5.41) is 10.5. The summed E-state index contributed by atoms with van der Waals surface area (Å²) in [6, 6.07) is 13.1. The number of nitrogens with one attached hydrogen (secondary N) is 1. The van der Waals surface area contributed by atoms with Crippen LogP contribution >= 0.6 is 0 Å². The second kappa shape index (κ2) is 4.24. The second-order valence-electron chi connectivity index (χ2n) is 4.21. The number of halogens is 1. The Hall–Kier alpha value is -2.62. The quantitative estimate of drug-likeness (QED) is 0.702. The molecule has 0 amide bonds. The minimum Gasteiger partial charge on any atom is -0.506 e. The number of para-hydroxylation sites is 1. The lowest BCUT2D eigenvalue weighted by atomic mass is 10.0. The molecule has 94 valence electrons. The maximum atomic E-state index is 13.6. The van der Waals surface area contributed by atoms with E-state index in [0.29, 0.717) is 10.9 Å². The third-order valence-corrected chi connectivity index (χ3v) is 3.03. The molecule has 4 heteroatoms. The van der Waals surface area contributed by atoms with Crippen molar-refractivity contribution in [1.29, 1.82) is 0 Å². The summed E-state index contributed by atoms with van der Waals surface area (Å²) in [6.07, 6.45) is 0. The predicted octanol–water partition coefficient (Wildman–Crippen LogP) is 3.04. The van der Waals surface area contributed by atoms with Crippen molar-refractivity contribution in [1.82, 2.24) is 4.98 Å². The summed E-state index contributed by atoms with van der Waals surface area (Å²) in [5.41, 5.74) is 0.247. The molecule has 3 aromatic rings. The molecule has 0 saturated carbocycles. The van der Waals surface area contributed by atoms with Crippen LogP contribution in [0, 0.1) is 5.82 Å². The van der Waals surface area contributed by atoms with Crippen molar-refractivity contribution in [2.75, 3.05) is 0 Å². The van der Waals surface area contributed by atoms with E-state index < -0.39 is 11.4 Å². The van der Waals surface area contributed by atoms with Crippen molar-refractivity contribution < 1.29 is 9.50 Å². The minimum atomic E-state index is -0.565. The molecule has 0 unspecified atom stereocenters. The molecule has 0 fully saturated rings. The first kappa shape index (κ1) is 11.5. The van der Waals surface area contributed by atoms with E-state index in [2.05, 4.69) is 4.98 Å². The van der Waals surface area contributed by atoms with Crippen LogP contribution < -0.4 is 5.56 Å². The normalized spacial score (nSPS) is 10.8. The van der Waals surface area contributed by atoms with Crippen molar-refractivity contribution >= 4 is 10.9 Å². The summed E-state index contributed by atoms with van der Waals surface area (Å²) in [7, 11) is 0. The molecule has 1 aromatic heterocycles. The number of aromatic amines is 1. The third-order valence-electron chi connectivity index (χ3n) is 3.03. The van der Waals surface area contributed by atoms with Crippen LogP contribution in [0.5, 0.6) is 5.75 Å². The number of aromatic nitrogens is 1. The molecule has 0 saturated heterocycles. The number of hydrogen-bond acceptors (Lipinski definition) is 2. The van der Waals surface area contributed by atoms with Gasteiger partial charge in [0.05, 0.1) is 11.1 Å². The van der Waals surface area contributed by atoms with Crippen LogP contribution in [-0.2, 0) is 0 Å². The van der Waals surface area contributed by atoms with Crippen LogP contribution in [0.1, 0.15) is 0 Å². The van der Waals surface area contributed by atoms with Crippen LogP contribution in [-0.4, -0.2) is 10.1 Å². The highest BCUT2D eigenvalue weighted by molar-refractivity contribution is 5.91. The highest BCUT2D eigenvalue weighted by atomic mass is 19.1. The molecular weight excluding hydrogens is 245 g/mol. The Morgan fingerprint density at radius 3 is 2.47 bits per heavy atom. The monoisotopic (exact) mass is 255 g/mol. The molecule has 0 aliphatic carbocycles. The van der Waals surface area contributed by atoms with Gasteiger partial charge in [-0.15, -0.1) is 0 Å². The maximum absolute atomic E-state index is 13.6. The first-order valence-electron chi connectivity index (χ1n) is 5.77. The summed E-state index contributed by atoms with van der Waals surface area (Å²) in [4.78, 5) is 14.5. The zero-order valence-corrected chi connectivity index (χ0v) is 9.85. The number of H-pyrrole nitrogens is 1. The topological polar surface area (TPSA) is 53.1 Å². The number of aromatic hydroxyl groups is 1. The van der Waals surface area contributed by atoms with Gasteiger partial charge in [-0.3, -0.25) is 4.79 Å². The van der Waals surface area contributed by atoms with Gasteiger partial charge in [0.2, 0.25) is 0 Å². The standard InChI is InChI=1S/C15H10FNO2/c16-11-8-4-7-10-13(11)17-15(19)12(14(10)18)9-5-2-1-3-6-9/h1-8H,(H2,17,18,19). The Morgan fingerprint density at radius 2 is 1.74 bits per heavy atom. The average molecular weight is 255 g/mol. The fraction of sp³-hybridized carbons (Fsp3) is 0. The van der Waals surface area contributed by atoms with E-state index in [1.165, 1.54) is 12.1 Å². The van der Waals surface area contributed by atoms with Crippen LogP contribution in [0.4, 0.5) is 4.39 Å². The Morgan fingerprint density at radius 1 is 1.00 bits per heavy atom. The summed E-state index contributed by atoms with van der Waals surface area (Å²) < 4.78 is 13.6. The fourth-order valence-electron chi connectivity index (χ4n) is 2.14. The molecule has 2 N–H and O–H groups in total. The first-order chi connectivity index (χ1) is 9.18. The lowest BCUT2D eigenvalue weighted by Crippen LogP contribution is -2.10. The Labute approximate surface area is 108 Å². The van der Waals surface area contributed by atoms with Crippen molar-refractivity contribution in [2.45, 2.75) is 0 Å². The molecule has 0 bridgehead atoms. The van der Waals surface area contributed by atoms with Gasteiger partial charge in [0.1, 0.15) is 11.6 Å². The van der Waals surface area contributed by atoms with Gasteiger partial charge in [0.25, 0.3) is 5.56 Å². The predicted molar refractivity (Wildman–Crippen MR) is 71.6 cm³/mol. The number of rotatable bonds is 1. The molecular formula is C15H10FNO2. The van der Waals surface area contributed by atoms with Crippen molar-refractivity contribution in [3.63, 3.8) is 0 Å². The van der Waals surface area contributed by atoms with Crippen LogP contribution in [0.15, 0.2) is 53.3 Å². The zero-order valence-electron chi connectivity index (χ0n) is 9.85. The van der Waals surface area contributed by atoms with E-state index in [4.69, 9.17) is 0 Å². The molecule has 0 aliphatic heterocycles. The zero-order chi connectivity index (χ0) is 13.4. The molecule has 0 spiro atoms.